The molecule has 0 aliphatic rings. The van der Waals surface area contributed by atoms with Crippen LogP contribution in [0.4, 0.5) is 0 Å². The third-order valence-corrected chi connectivity index (χ3v) is 4.04. The fourth-order valence-electron chi connectivity index (χ4n) is 2.12. The molecule has 0 bridgehead atoms. The summed E-state index contributed by atoms with van der Waals surface area (Å²) in [4.78, 5) is 0. The lowest BCUT2D eigenvalue weighted by molar-refractivity contribution is 0.306. The predicted molar refractivity (Wildman–Crippen MR) is 92.0 cm³/mol. The summed E-state index contributed by atoms with van der Waals surface area (Å²) >= 11 is 9.76. The zero-order valence-electron chi connectivity index (χ0n) is 12.2. The van der Waals surface area contributed by atoms with Crippen molar-refractivity contribution in [2.24, 2.45) is 0 Å². The summed E-state index contributed by atoms with van der Waals surface area (Å²) in [6, 6.07) is 14.3. The van der Waals surface area contributed by atoms with E-state index in [1.807, 2.05) is 36.4 Å². The molecule has 0 radical (unpaired) electrons. The van der Waals surface area contributed by atoms with Gasteiger partial charge in [-0.1, -0.05) is 52.7 Å². The Bertz CT molecular complexity index is 603. The van der Waals surface area contributed by atoms with Crippen LogP contribution in [0.2, 0.25) is 5.02 Å². The van der Waals surface area contributed by atoms with Crippen molar-refractivity contribution in [2.75, 3.05) is 6.54 Å². The summed E-state index contributed by atoms with van der Waals surface area (Å²) in [6.45, 7) is 5.64. The van der Waals surface area contributed by atoms with Crippen LogP contribution in [0.1, 0.15) is 31.0 Å². The first-order valence-corrected chi connectivity index (χ1v) is 8.17. The molecule has 0 aliphatic carbocycles. The van der Waals surface area contributed by atoms with Crippen LogP contribution in [0.3, 0.4) is 0 Å². The van der Waals surface area contributed by atoms with Gasteiger partial charge in [0.2, 0.25) is 0 Å². The first-order valence-electron chi connectivity index (χ1n) is 7.00. The van der Waals surface area contributed by atoms with Gasteiger partial charge in [-0.25, -0.2) is 0 Å². The van der Waals surface area contributed by atoms with E-state index in [0.717, 1.165) is 22.1 Å². The maximum atomic E-state index is 6.31. The topological polar surface area (TPSA) is 21.3 Å². The molecule has 1 atom stereocenters. The standard InChI is InChI=1S/C17H19BrClNO/c1-3-20-12(2)14-7-8-17(16(19)10-14)21-11-13-5-4-6-15(18)9-13/h4-10,12,20H,3,11H2,1-2H3. The second-order valence-electron chi connectivity index (χ2n) is 4.89. The second-order valence-corrected chi connectivity index (χ2v) is 6.21. The van der Waals surface area contributed by atoms with Crippen LogP contribution in [-0.4, -0.2) is 6.54 Å². The van der Waals surface area contributed by atoms with E-state index in [1.165, 1.54) is 0 Å². The Hall–Kier alpha value is -1.03. The Kier molecular flexibility index (Phi) is 6.09. The minimum Gasteiger partial charge on any atom is -0.487 e. The average molecular weight is 369 g/mol. The van der Waals surface area contributed by atoms with E-state index in [0.29, 0.717) is 17.4 Å². The molecule has 0 saturated heterocycles. The zero-order valence-corrected chi connectivity index (χ0v) is 14.5. The van der Waals surface area contributed by atoms with Crippen molar-refractivity contribution >= 4 is 27.5 Å². The lowest BCUT2D eigenvalue weighted by Gasteiger charge is -2.15. The SMILES string of the molecule is CCNC(C)c1ccc(OCc2cccc(Br)c2)c(Cl)c1. The highest BCUT2D eigenvalue weighted by molar-refractivity contribution is 9.10. The first-order chi connectivity index (χ1) is 10.1. The molecule has 112 valence electrons. The van der Waals surface area contributed by atoms with Gasteiger partial charge in [-0.3, -0.25) is 0 Å². The second kappa shape index (κ2) is 7.83. The van der Waals surface area contributed by atoms with Gasteiger partial charge < -0.3 is 10.1 Å². The van der Waals surface area contributed by atoms with Gasteiger partial charge in [0.1, 0.15) is 12.4 Å². The maximum absolute atomic E-state index is 6.31. The highest BCUT2D eigenvalue weighted by Gasteiger charge is 2.08. The number of hydrogen-bond acceptors (Lipinski definition) is 2. The molecule has 0 fully saturated rings. The predicted octanol–water partition coefficient (Wildman–Crippen LogP) is 5.35. The quantitative estimate of drug-likeness (QED) is 0.742. The Balaban J connectivity index is 2.04. The van der Waals surface area contributed by atoms with Crippen molar-refractivity contribution in [3.8, 4) is 5.75 Å². The molecule has 2 aromatic rings. The number of rotatable bonds is 6. The van der Waals surface area contributed by atoms with Gasteiger partial charge in [0.25, 0.3) is 0 Å². The molecule has 2 aromatic carbocycles. The molecular formula is C17H19BrClNO. The Morgan fingerprint density at radius 1 is 1.24 bits per heavy atom. The van der Waals surface area contributed by atoms with Crippen LogP contribution in [0, 0.1) is 0 Å². The van der Waals surface area contributed by atoms with Gasteiger partial charge in [0, 0.05) is 10.5 Å². The number of nitrogens with one attached hydrogen (secondary N) is 1. The molecule has 1 N–H and O–H groups in total. The number of hydrogen-bond donors (Lipinski definition) is 1. The molecule has 0 heterocycles. The summed E-state index contributed by atoms with van der Waals surface area (Å²) in [5, 5.41) is 4.01. The highest BCUT2D eigenvalue weighted by Crippen LogP contribution is 2.28. The fraction of sp³-hybridized carbons (Fsp3) is 0.294. The van der Waals surface area contributed by atoms with Crippen LogP contribution in [0.15, 0.2) is 46.9 Å². The number of halogens is 2. The van der Waals surface area contributed by atoms with Crippen LogP contribution in [-0.2, 0) is 6.61 Å². The number of benzene rings is 2. The molecule has 2 rings (SSSR count). The van der Waals surface area contributed by atoms with E-state index in [4.69, 9.17) is 16.3 Å². The Morgan fingerprint density at radius 3 is 2.71 bits per heavy atom. The average Bonchev–Trinajstić information content (AvgIpc) is 2.46. The lowest BCUT2D eigenvalue weighted by atomic mass is 10.1. The zero-order chi connectivity index (χ0) is 15.2. The van der Waals surface area contributed by atoms with Gasteiger partial charge >= 0.3 is 0 Å². The van der Waals surface area contributed by atoms with Crippen LogP contribution in [0.5, 0.6) is 5.75 Å². The third kappa shape index (κ3) is 4.73. The van der Waals surface area contributed by atoms with Crippen molar-refractivity contribution < 1.29 is 4.74 Å². The van der Waals surface area contributed by atoms with E-state index < -0.39 is 0 Å². The summed E-state index contributed by atoms with van der Waals surface area (Å²) < 4.78 is 6.85. The molecule has 0 aliphatic heterocycles. The summed E-state index contributed by atoms with van der Waals surface area (Å²) in [6.07, 6.45) is 0. The van der Waals surface area contributed by atoms with Crippen LogP contribution in [0.25, 0.3) is 0 Å². The van der Waals surface area contributed by atoms with Crippen molar-refractivity contribution in [1.82, 2.24) is 5.32 Å². The summed E-state index contributed by atoms with van der Waals surface area (Å²) in [5.41, 5.74) is 2.27. The molecule has 0 amide bonds. The van der Waals surface area contributed by atoms with Crippen molar-refractivity contribution in [1.29, 1.82) is 0 Å². The minimum atomic E-state index is 0.284. The summed E-state index contributed by atoms with van der Waals surface area (Å²) in [5.74, 6) is 0.712. The lowest BCUT2D eigenvalue weighted by Crippen LogP contribution is -2.17. The molecule has 2 nitrogen and oxygen atoms in total. The van der Waals surface area contributed by atoms with E-state index in [1.54, 1.807) is 0 Å². The monoisotopic (exact) mass is 367 g/mol. The van der Waals surface area contributed by atoms with Gasteiger partial charge in [-0.2, -0.15) is 0 Å². The van der Waals surface area contributed by atoms with Crippen LogP contribution >= 0.6 is 27.5 Å². The van der Waals surface area contributed by atoms with E-state index in [2.05, 4.69) is 41.2 Å². The molecule has 0 spiro atoms. The highest BCUT2D eigenvalue weighted by atomic mass is 79.9. The fourth-order valence-corrected chi connectivity index (χ4v) is 2.81. The van der Waals surface area contributed by atoms with E-state index in [-0.39, 0.29) is 6.04 Å². The summed E-state index contributed by atoms with van der Waals surface area (Å²) in [7, 11) is 0. The molecular weight excluding hydrogens is 350 g/mol. The van der Waals surface area contributed by atoms with Gasteiger partial charge in [0.15, 0.2) is 0 Å². The molecule has 0 saturated carbocycles. The largest absolute Gasteiger partial charge is 0.487 e. The normalized spacial score (nSPS) is 12.2. The molecule has 4 heteroatoms. The van der Waals surface area contributed by atoms with Gasteiger partial charge in [0.05, 0.1) is 5.02 Å². The smallest absolute Gasteiger partial charge is 0.138 e. The van der Waals surface area contributed by atoms with E-state index >= 15 is 0 Å². The molecule has 21 heavy (non-hydrogen) atoms. The Labute approximate surface area is 139 Å². The van der Waals surface area contributed by atoms with Crippen molar-refractivity contribution in [3.05, 3.63) is 63.1 Å². The van der Waals surface area contributed by atoms with Crippen molar-refractivity contribution in [2.45, 2.75) is 26.5 Å². The Morgan fingerprint density at radius 2 is 2.05 bits per heavy atom. The number of ether oxygens (including phenoxy) is 1. The molecule has 1 unspecified atom stereocenters. The van der Waals surface area contributed by atoms with Gasteiger partial charge in [-0.15, -0.1) is 0 Å². The third-order valence-electron chi connectivity index (χ3n) is 3.25. The minimum absolute atomic E-state index is 0.284. The van der Waals surface area contributed by atoms with Gasteiger partial charge in [-0.05, 0) is 48.9 Å². The van der Waals surface area contributed by atoms with Crippen LogP contribution < -0.4 is 10.1 Å². The van der Waals surface area contributed by atoms with Crippen molar-refractivity contribution in [3.63, 3.8) is 0 Å². The van der Waals surface area contributed by atoms with E-state index in [9.17, 15) is 0 Å². The maximum Gasteiger partial charge on any atom is 0.138 e. The molecule has 0 aromatic heterocycles. The first kappa shape index (κ1) is 16.3.